The SMILES string of the molecule is CCC=CCC=CCC=CCC=CCC=CCC=CCCC(=O)N[C@@H](C)C(=O)O. The Morgan fingerprint density at radius 3 is 1.48 bits per heavy atom. The van der Waals surface area contributed by atoms with Gasteiger partial charge in [-0.3, -0.25) is 9.59 Å². The molecule has 0 aliphatic rings. The molecular formula is C25H37NO3. The average Bonchev–Trinajstić information content (AvgIpc) is 2.69. The highest BCUT2D eigenvalue weighted by Gasteiger charge is 2.12. The van der Waals surface area contributed by atoms with Crippen molar-refractivity contribution in [3.63, 3.8) is 0 Å². The van der Waals surface area contributed by atoms with Gasteiger partial charge < -0.3 is 10.4 Å². The normalized spacial score (nSPS) is 13.7. The minimum Gasteiger partial charge on any atom is -0.480 e. The van der Waals surface area contributed by atoms with Crippen LogP contribution >= 0.6 is 0 Å². The highest BCUT2D eigenvalue weighted by atomic mass is 16.4. The molecule has 2 N–H and O–H groups in total. The second-order valence-corrected chi connectivity index (χ2v) is 6.58. The first-order chi connectivity index (χ1) is 14.1. The first-order valence-electron chi connectivity index (χ1n) is 10.5. The van der Waals surface area contributed by atoms with Crippen LogP contribution in [0.5, 0.6) is 0 Å². The standard InChI is InChI=1S/C25H37NO3/c1-3-4-5-6-7-8-9-10-11-12-13-14-15-16-17-18-19-20-21-22-24(27)26-23(2)25(28)29/h4-5,7-8,10-11,13-14,16-17,19-20,23H,3,6,9,12,15,18,21-22H2,1-2H3,(H,26,27)(H,28,29)/t23-/m0/s1. The van der Waals surface area contributed by atoms with E-state index in [-0.39, 0.29) is 5.91 Å². The van der Waals surface area contributed by atoms with Crippen LogP contribution in [-0.4, -0.2) is 23.0 Å². The van der Waals surface area contributed by atoms with Gasteiger partial charge in [0.15, 0.2) is 0 Å². The molecule has 0 heterocycles. The van der Waals surface area contributed by atoms with E-state index in [1.165, 1.54) is 6.92 Å². The number of carbonyl (C=O) groups excluding carboxylic acids is 1. The quantitative estimate of drug-likeness (QED) is 0.310. The van der Waals surface area contributed by atoms with Gasteiger partial charge in [0.2, 0.25) is 5.91 Å². The van der Waals surface area contributed by atoms with Crippen molar-refractivity contribution >= 4 is 11.9 Å². The molecule has 4 heteroatoms. The summed E-state index contributed by atoms with van der Waals surface area (Å²) in [5, 5.41) is 11.2. The largest absolute Gasteiger partial charge is 0.480 e. The lowest BCUT2D eigenvalue weighted by atomic mass is 10.2. The van der Waals surface area contributed by atoms with Crippen LogP contribution in [0.15, 0.2) is 72.9 Å². The van der Waals surface area contributed by atoms with E-state index in [2.05, 4.69) is 73.0 Å². The van der Waals surface area contributed by atoms with Crippen molar-refractivity contribution in [3.05, 3.63) is 72.9 Å². The Kier molecular flexibility index (Phi) is 18.3. The zero-order valence-electron chi connectivity index (χ0n) is 17.9. The van der Waals surface area contributed by atoms with E-state index < -0.39 is 12.0 Å². The van der Waals surface area contributed by atoms with E-state index in [0.717, 1.165) is 38.5 Å². The van der Waals surface area contributed by atoms with Crippen LogP contribution in [0.25, 0.3) is 0 Å². The van der Waals surface area contributed by atoms with Gasteiger partial charge in [0.1, 0.15) is 6.04 Å². The zero-order chi connectivity index (χ0) is 21.6. The van der Waals surface area contributed by atoms with Gasteiger partial charge in [-0.15, -0.1) is 0 Å². The summed E-state index contributed by atoms with van der Waals surface area (Å²) >= 11 is 0. The molecule has 1 atom stereocenters. The first-order valence-corrected chi connectivity index (χ1v) is 10.5. The number of hydrogen-bond donors (Lipinski definition) is 2. The van der Waals surface area contributed by atoms with Crippen LogP contribution in [-0.2, 0) is 9.59 Å². The Morgan fingerprint density at radius 2 is 1.10 bits per heavy atom. The Morgan fingerprint density at radius 1 is 0.724 bits per heavy atom. The molecule has 0 saturated carbocycles. The predicted octanol–water partition coefficient (Wildman–Crippen LogP) is 6.05. The van der Waals surface area contributed by atoms with Gasteiger partial charge in [0.05, 0.1) is 0 Å². The molecule has 0 rings (SSSR count). The molecule has 0 saturated heterocycles. The topological polar surface area (TPSA) is 66.4 Å². The molecule has 0 unspecified atom stereocenters. The minimum absolute atomic E-state index is 0.237. The highest BCUT2D eigenvalue weighted by molar-refractivity contribution is 5.83. The monoisotopic (exact) mass is 399 g/mol. The van der Waals surface area contributed by atoms with Crippen LogP contribution in [0.4, 0.5) is 0 Å². The maximum absolute atomic E-state index is 11.5. The van der Waals surface area contributed by atoms with E-state index in [1.807, 2.05) is 12.2 Å². The number of hydrogen-bond acceptors (Lipinski definition) is 2. The second kappa shape index (κ2) is 20.1. The molecule has 0 radical (unpaired) electrons. The van der Waals surface area contributed by atoms with E-state index in [1.54, 1.807) is 0 Å². The van der Waals surface area contributed by atoms with Gasteiger partial charge in [-0.1, -0.05) is 79.8 Å². The lowest BCUT2D eigenvalue weighted by molar-refractivity contribution is -0.141. The fourth-order valence-corrected chi connectivity index (χ4v) is 2.23. The van der Waals surface area contributed by atoms with Crippen molar-refractivity contribution in [2.75, 3.05) is 0 Å². The maximum atomic E-state index is 11.5. The molecule has 0 aliphatic heterocycles. The number of nitrogens with one attached hydrogen (secondary N) is 1. The summed E-state index contributed by atoms with van der Waals surface area (Å²) in [5.41, 5.74) is 0. The zero-order valence-corrected chi connectivity index (χ0v) is 17.9. The Labute approximate surface area is 176 Å². The summed E-state index contributed by atoms with van der Waals surface area (Å²) in [6.45, 7) is 3.60. The molecule has 0 spiro atoms. The molecule has 0 bridgehead atoms. The lowest BCUT2D eigenvalue weighted by Crippen LogP contribution is -2.38. The number of amides is 1. The summed E-state index contributed by atoms with van der Waals surface area (Å²) in [4.78, 5) is 22.1. The molecule has 4 nitrogen and oxygen atoms in total. The smallest absolute Gasteiger partial charge is 0.325 e. The fraction of sp³-hybridized carbons (Fsp3) is 0.440. The van der Waals surface area contributed by atoms with Gasteiger partial charge in [-0.2, -0.15) is 0 Å². The first kappa shape index (κ1) is 26.4. The highest BCUT2D eigenvalue weighted by Crippen LogP contribution is 1.98. The minimum atomic E-state index is -1.02. The van der Waals surface area contributed by atoms with E-state index in [0.29, 0.717) is 12.8 Å². The predicted molar refractivity (Wildman–Crippen MR) is 123 cm³/mol. The van der Waals surface area contributed by atoms with Crippen molar-refractivity contribution < 1.29 is 14.7 Å². The van der Waals surface area contributed by atoms with Crippen LogP contribution in [0.1, 0.15) is 65.2 Å². The Hall–Kier alpha value is -2.62. The maximum Gasteiger partial charge on any atom is 0.325 e. The molecule has 0 aromatic carbocycles. The molecule has 0 aromatic rings. The van der Waals surface area contributed by atoms with Crippen molar-refractivity contribution in [3.8, 4) is 0 Å². The summed E-state index contributed by atoms with van der Waals surface area (Å²) in [6, 6.07) is -0.840. The summed E-state index contributed by atoms with van der Waals surface area (Å²) in [5.74, 6) is -1.26. The van der Waals surface area contributed by atoms with Crippen LogP contribution in [0.2, 0.25) is 0 Å². The number of carboxylic acid groups (broad SMARTS) is 1. The molecule has 0 fully saturated rings. The van der Waals surface area contributed by atoms with Crippen molar-refractivity contribution in [1.82, 2.24) is 5.32 Å². The molecule has 160 valence electrons. The van der Waals surface area contributed by atoms with Gasteiger partial charge in [-0.25, -0.2) is 0 Å². The van der Waals surface area contributed by atoms with Gasteiger partial charge >= 0.3 is 5.97 Å². The third kappa shape index (κ3) is 19.9. The van der Waals surface area contributed by atoms with Crippen LogP contribution < -0.4 is 5.32 Å². The van der Waals surface area contributed by atoms with Gasteiger partial charge in [-0.05, 0) is 51.9 Å². The van der Waals surface area contributed by atoms with Crippen molar-refractivity contribution in [2.45, 2.75) is 71.3 Å². The Bertz CT molecular complexity index is 610. The van der Waals surface area contributed by atoms with E-state index in [4.69, 9.17) is 5.11 Å². The van der Waals surface area contributed by atoms with Gasteiger partial charge in [0.25, 0.3) is 0 Å². The average molecular weight is 400 g/mol. The summed E-state index contributed by atoms with van der Waals surface area (Å²) in [7, 11) is 0. The third-order valence-electron chi connectivity index (χ3n) is 3.88. The number of allylic oxidation sites excluding steroid dienone is 12. The van der Waals surface area contributed by atoms with Crippen LogP contribution in [0.3, 0.4) is 0 Å². The van der Waals surface area contributed by atoms with Crippen LogP contribution in [0, 0.1) is 0 Å². The van der Waals surface area contributed by atoms with E-state index >= 15 is 0 Å². The van der Waals surface area contributed by atoms with Crippen molar-refractivity contribution in [1.29, 1.82) is 0 Å². The summed E-state index contributed by atoms with van der Waals surface area (Å²) in [6.07, 6.45) is 32.4. The molecule has 0 aromatic heterocycles. The molecular weight excluding hydrogens is 362 g/mol. The second-order valence-electron chi connectivity index (χ2n) is 6.58. The Balaban J connectivity index is 3.64. The van der Waals surface area contributed by atoms with E-state index in [9.17, 15) is 9.59 Å². The summed E-state index contributed by atoms with van der Waals surface area (Å²) < 4.78 is 0. The molecule has 0 aliphatic carbocycles. The number of rotatable bonds is 16. The van der Waals surface area contributed by atoms with Gasteiger partial charge in [0, 0.05) is 6.42 Å². The van der Waals surface area contributed by atoms with Crippen molar-refractivity contribution in [2.24, 2.45) is 0 Å². The number of carboxylic acids is 1. The third-order valence-corrected chi connectivity index (χ3v) is 3.88. The lowest BCUT2D eigenvalue weighted by Gasteiger charge is -2.07. The number of carbonyl (C=O) groups is 2. The fourth-order valence-electron chi connectivity index (χ4n) is 2.23. The molecule has 29 heavy (non-hydrogen) atoms. The number of aliphatic carboxylic acids is 1. The molecule has 1 amide bonds.